The molecule has 0 amide bonds. The van der Waals surface area contributed by atoms with E-state index in [-0.39, 0.29) is 30.7 Å². The molecule has 0 saturated heterocycles. The first-order valence-electron chi connectivity index (χ1n) is 12.4. The van der Waals surface area contributed by atoms with Crippen molar-refractivity contribution in [3.63, 3.8) is 0 Å². The lowest BCUT2D eigenvalue weighted by molar-refractivity contribution is -0.148. The number of aldehydes is 1. The Morgan fingerprint density at radius 3 is 2.83 bits per heavy atom. The van der Waals surface area contributed by atoms with Crippen molar-refractivity contribution in [2.24, 2.45) is 28.5 Å². The fourth-order valence-electron chi connectivity index (χ4n) is 4.70. The van der Waals surface area contributed by atoms with Crippen molar-refractivity contribution in [3.8, 4) is 11.5 Å². The summed E-state index contributed by atoms with van der Waals surface area (Å²) in [6.07, 6.45) is 4.33. The van der Waals surface area contributed by atoms with Crippen molar-refractivity contribution in [2.45, 2.75) is 71.0 Å². The number of rotatable bonds is 13. The summed E-state index contributed by atoms with van der Waals surface area (Å²) in [5.74, 6) is 1.40. The number of nitrogens with two attached hydrogens (primary N) is 1. The number of aliphatic hydroxyl groups excluding tert-OH is 1. The van der Waals surface area contributed by atoms with Crippen LogP contribution in [0.1, 0.15) is 57.9 Å². The zero-order valence-electron chi connectivity index (χ0n) is 21.1. The molecule has 0 spiro atoms. The van der Waals surface area contributed by atoms with Gasteiger partial charge in [-0.3, -0.25) is 9.79 Å². The predicted octanol–water partition coefficient (Wildman–Crippen LogP) is 2.56. The number of carbonyl (C=O) groups is 2. The molecule has 9 heteroatoms. The third kappa shape index (κ3) is 9.76. The minimum atomic E-state index is -0.575. The molecule has 1 aromatic rings. The second kappa shape index (κ2) is 14.6. The highest BCUT2D eigenvalue weighted by Crippen LogP contribution is 2.36. The number of hydrogen-bond acceptors (Lipinski definition) is 7. The van der Waals surface area contributed by atoms with Crippen LogP contribution in [-0.2, 0) is 20.7 Å². The van der Waals surface area contributed by atoms with Crippen LogP contribution in [-0.4, -0.2) is 60.8 Å². The molecule has 196 valence electrons. The minimum absolute atomic E-state index is 0.00847. The Morgan fingerprint density at radius 2 is 2.14 bits per heavy atom. The van der Waals surface area contributed by atoms with E-state index < -0.39 is 12.2 Å². The maximum Gasteiger partial charge on any atom is 0.302 e. The average Bonchev–Trinajstić information content (AvgIpc) is 2.83. The molecule has 1 saturated carbocycles. The number of nitrogens with one attached hydrogen (secondary N) is 1. The molecule has 35 heavy (non-hydrogen) atoms. The van der Waals surface area contributed by atoms with Gasteiger partial charge in [0.1, 0.15) is 12.4 Å². The lowest BCUT2D eigenvalue weighted by atomic mass is 9.72. The van der Waals surface area contributed by atoms with E-state index >= 15 is 0 Å². The van der Waals surface area contributed by atoms with Gasteiger partial charge in [-0.1, -0.05) is 19.4 Å². The van der Waals surface area contributed by atoms with Crippen molar-refractivity contribution in [2.75, 3.05) is 20.2 Å². The van der Waals surface area contributed by atoms with E-state index in [1.54, 1.807) is 25.2 Å². The van der Waals surface area contributed by atoms with Crippen molar-refractivity contribution >= 4 is 18.2 Å². The van der Waals surface area contributed by atoms with Crippen LogP contribution in [0.2, 0.25) is 0 Å². The van der Waals surface area contributed by atoms with E-state index in [2.05, 4.69) is 17.2 Å². The molecule has 0 unspecified atom stereocenters. The highest BCUT2D eigenvalue weighted by atomic mass is 16.5. The van der Waals surface area contributed by atoms with E-state index in [1.165, 1.54) is 6.92 Å². The topological polar surface area (TPSA) is 143 Å². The molecule has 0 radical (unpaired) electrons. The first kappa shape index (κ1) is 28.4. The van der Waals surface area contributed by atoms with Crippen LogP contribution in [0, 0.1) is 17.8 Å². The quantitative estimate of drug-likeness (QED) is 0.108. The Balaban J connectivity index is 1.96. The highest BCUT2D eigenvalue weighted by molar-refractivity contribution is 5.77. The summed E-state index contributed by atoms with van der Waals surface area (Å²) in [5.41, 5.74) is 6.68. The maximum absolute atomic E-state index is 11.7. The first-order chi connectivity index (χ1) is 16.7. The number of ether oxygens (including phenoxy) is 2. The molecule has 0 bridgehead atoms. The molecule has 1 fully saturated rings. The van der Waals surface area contributed by atoms with Crippen LogP contribution in [0.25, 0.3) is 0 Å². The normalized spacial score (nSPS) is 22.2. The van der Waals surface area contributed by atoms with Crippen LogP contribution in [0.15, 0.2) is 23.2 Å². The van der Waals surface area contributed by atoms with Crippen LogP contribution in [0.3, 0.4) is 0 Å². The van der Waals surface area contributed by atoms with Crippen LogP contribution in [0.5, 0.6) is 11.5 Å². The highest BCUT2D eigenvalue weighted by Gasteiger charge is 2.33. The van der Waals surface area contributed by atoms with Crippen LogP contribution in [0.4, 0.5) is 0 Å². The smallest absolute Gasteiger partial charge is 0.302 e. The zero-order valence-corrected chi connectivity index (χ0v) is 21.1. The summed E-state index contributed by atoms with van der Waals surface area (Å²) in [6, 6.07) is 5.07. The summed E-state index contributed by atoms with van der Waals surface area (Å²) in [4.78, 5) is 26.2. The molecule has 5 atom stereocenters. The molecular weight excluding hydrogens is 450 g/mol. The van der Waals surface area contributed by atoms with Gasteiger partial charge in [-0.05, 0) is 61.1 Å². The summed E-state index contributed by atoms with van der Waals surface area (Å²) < 4.78 is 11.0. The standard InChI is InChI=1S/C26H41N3O6/c1-17-5-8-20(14-21(17)16-29-26(27)28-3)24(33)15-22(35-18(2)31)9-6-19-7-10-23(32)25(13-19)34-12-4-11-30/h7,10-11,13,17,20-22,24,32-33H,4-6,8-9,12,14-16H2,1-3H3,(H3,27,28,29)/t17-,20+,21+,22+,24+/m0/s1. The van der Waals surface area contributed by atoms with Crippen molar-refractivity contribution in [1.82, 2.24) is 5.32 Å². The van der Waals surface area contributed by atoms with E-state index in [0.29, 0.717) is 42.8 Å². The van der Waals surface area contributed by atoms with Gasteiger partial charge < -0.3 is 35.5 Å². The van der Waals surface area contributed by atoms with E-state index in [0.717, 1.165) is 37.7 Å². The maximum atomic E-state index is 11.7. The molecule has 9 nitrogen and oxygen atoms in total. The molecule has 2 rings (SSSR count). The molecule has 5 N–H and O–H groups in total. The number of hydrogen-bond donors (Lipinski definition) is 4. The number of aliphatic hydroxyl groups is 1. The van der Waals surface area contributed by atoms with E-state index in [9.17, 15) is 19.8 Å². The number of guanidine groups is 1. The van der Waals surface area contributed by atoms with E-state index in [1.807, 2.05) is 0 Å². The number of nitrogens with zero attached hydrogens (tertiary/aromatic N) is 1. The van der Waals surface area contributed by atoms with Gasteiger partial charge in [0.25, 0.3) is 0 Å². The number of aryl methyl sites for hydroxylation is 1. The Bertz CT molecular complexity index is 846. The second-order valence-corrected chi connectivity index (χ2v) is 9.48. The molecule has 1 aliphatic rings. The van der Waals surface area contributed by atoms with Crippen molar-refractivity contribution in [3.05, 3.63) is 23.8 Å². The average molecular weight is 492 g/mol. The number of benzene rings is 1. The number of esters is 1. The zero-order chi connectivity index (χ0) is 25.8. The molecule has 0 aliphatic heterocycles. The fraction of sp³-hybridized carbons (Fsp3) is 0.654. The Hall–Kier alpha value is -2.81. The molecular formula is C26H41N3O6. The Labute approximate surface area is 208 Å². The second-order valence-electron chi connectivity index (χ2n) is 9.48. The van der Waals surface area contributed by atoms with Gasteiger partial charge in [0.2, 0.25) is 0 Å². The van der Waals surface area contributed by atoms with Crippen molar-refractivity contribution in [1.29, 1.82) is 0 Å². The summed E-state index contributed by atoms with van der Waals surface area (Å²) in [6.45, 7) is 4.52. The van der Waals surface area contributed by atoms with Gasteiger partial charge in [0.15, 0.2) is 17.5 Å². The molecule has 1 aliphatic carbocycles. The van der Waals surface area contributed by atoms with Crippen LogP contribution >= 0.6 is 0 Å². The Kier molecular flexibility index (Phi) is 11.8. The summed E-state index contributed by atoms with van der Waals surface area (Å²) in [7, 11) is 1.65. The van der Waals surface area contributed by atoms with Gasteiger partial charge in [-0.25, -0.2) is 0 Å². The Morgan fingerprint density at radius 1 is 1.37 bits per heavy atom. The number of phenolic OH excluding ortho intramolecular Hbond substituents is 1. The first-order valence-corrected chi connectivity index (χ1v) is 12.4. The van der Waals surface area contributed by atoms with Gasteiger partial charge in [-0.15, -0.1) is 0 Å². The van der Waals surface area contributed by atoms with Gasteiger partial charge in [0, 0.05) is 33.4 Å². The molecule has 0 heterocycles. The number of aromatic hydroxyl groups is 1. The van der Waals surface area contributed by atoms with Gasteiger partial charge >= 0.3 is 5.97 Å². The monoisotopic (exact) mass is 491 g/mol. The fourth-order valence-corrected chi connectivity index (χ4v) is 4.70. The van der Waals surface area contributed by atoms with Crippen LogP contribution < -0.4 is 15.8 Å². The van der Waals surface area contributed by atoms with Crippen molar-refractivity contribution < 1.29 is 29.3 Å². The third-order valence-corrected chi connectivity index (χ3v) is 6.84. The summed E-state index contributed by atoms with van der Waals surface area (Å²) >= 11 is 0. The number of aliphatic imine (C=N–C) groups is 1. The largest absolute Gasteiger partial charge is 0.504 e. The SMILES string of the molecule is CN=C(N)NC[C@H]1C[C@H]([C@H](O)C[C@@H](CCc2ccc(O)c(OCCC=O)c2)OC(C)=O)CC[C@@H]1C. The third-order valence-electron chi connectivity index (χ3n) is 6.84. The number of carbonyl (C=O) groups excluding carboxylic acids is 2. The van der Waals surface area contributed by atoms with E-state index in [4.69, 9.17) is 15.2 Å². The predicted molar refractivity (Wildman–Crippen MR) is 134 cm³/mol. The molecule has 1 aromatic carbocycles. The van der Waals surface area contributed by atoms with Gasteiger partial charge in [0.05, 0.1) is 12.7 Å². The molecule has 0 aromatic heterocycles. The van der Waals surface area contributed by atoms with Gasteiger partial charge in [-0.2, -0.15) is 0 Å². The number of phenols is 1. The minimum Gasteiger partial charge on any atom is -0.504 e. The lowest BCUT2D eigenvalue weighted by Gasteiger charge is -2.37. The summed E-state index contributed by atoms with van der Waals surface area (Å²) in [5, 5.41) is 24.2. The lowest BCUT2D eigenvalue weighted by Crippen LogP contribution is -2.41.